The zero-order valence-electron chi connectivity index (χ0n) is 40.6. The first-order chi connectivity index (χ1) is 30.2. The summed E-state index contributed by atoms with van der Waals surface area (Å²) in [6.07, 6.45) is 30.4. The third kappa shape index (κ3) is 30.3. The molecule has 1 amide bonds. The first-order valence-corrected chi connectivity index (χ1v) is 26.5. The molecular weight excluding hydrogens is 785 g/mol. The summed E-state index contributed by atoms with van der Waals surface area (Å²) < 4.78 is 11.2. The number of hydrogen-bond acceptors (Lipinski definition) is 10. The lowest BCUT2D eigenvalue weighted by molar-refractivity contribution is -0.303. The molecule has 370 valence electrons. The van der Waals surface area contributed by atoms with Gasteiger partial charge in [0.25, 0.3) is 0 Å². The van der Waals surface area contributed by atoms with Gasteiger partial charge in [-0.2, -0.15) is 0 Å². The first-order valence-electron chi connectivity index (χ1n) is 26.5. The Labute approximate surface area is 380 Å². The molecular formula is C51H102N2O9. The lowest BCUT2D eigenvalue weighted by atomic mass is 9.98. The summed E-state index contributed by atoms with van der Waals surface area (Å²) in [5.41, 5.74) is 0. The zero-order valence-corrected chi connectivity index (χ0v) is 40.6. The van der Waals surface area contributed by atoms with E-state index in [0.717, 1.165) is 44.9 Å². The third-order valence-corrected chi connectivity index (χ3v) is 13.1. The topological polar surface area (TPSA) is 172 Å². The maximum Gasteiger partial charge on any atom is 0.220 e. The highest BCUT2D eigenvalue weighted by molar-refractivity contribution is 5.76. The van der Waals surface area contributed by atoms with Crippen molar-refractivity contribution >= 4 is 5.91 Å². The number of carbonyl (C=O) groups is 1. The smallest absolute Gasteiger partial charge is 0.220 e. The van der Waals surface area contributed by atoms with Crippen molar-refractivity contribution in [1.29, 1.82) is 0 Å². The van der Waals surface area contributed by atoms with Crippen LogP contribution in [0.2, 0.25) is 0 Å². The van der Waals surface area contributed by atoms with Gasteiger partial charge in [-0.05, 0) is 51.7 Å². The Hall–Kier alpha value is -0.890. The normalized spacial score (nSPS) is 20.8. The van der Waals surface area contributed by atoms with E-state index in [1.54, 1.807) is 0 Å². The molecule has 0 radical (unpaired) electrons. The van der Waals surface area contributed by atoms with Crippen LogP contribution in [0.5, 0.6) is 0 Å². The maximum absolute atomic E-state index is 13.2. The summed E-state index contributed by atoms with van der Waals surface area (Å²) in [4.78, 5) is 15.9. The van der Waals surface area contributed by atoms with Gasteiger partial charge in [0.1, 0.15) is 30.5 Å². The lowest BCUT2D eigenvalue weighted by Crippen LogP contribution is -2.60. The molecule has 7 N–H and O–H groups in total. The van der Waals surface area contributed by atoms with Gasteiger partial charge in [-0.1, -0.05) is 201 Å². The van der Waals surface area contributed by atoms with Crippen LogP contribution in [0.3, 0.4) is 0 Å². The summed E-state index contributed by atoms with van der Waals surface area (Å²) >= 11 is 0. The molecule has 0 aromatic rings. The van der Waals surface area contributed by atoms with Gasteiger partial charge in [0.2, 0.25) is 5.91 Å². The van der Waals surface area contributed by atoms with Crippen molar-refractivity contribution in [1.82, 2.24) is 10.2 Å². The number of carbonyl (C=O) groups excluding carboxylic acids is 1. The number of rotatable bonds is 45. The standard InChI is InChI=1S/C51H102N2O9/c1-4-7-10-13-16-17-18-19-20-21-26-31-36-44(55)47(57)43(42-61-51-50(60)49(59)48(58)45(41-54)62-51)52-46(56)37-32-27-22-25-30-35-40-53(38-33-28-23-14-11-8-5-2)39-34-29-24-15-12-9-6-3/h43-45,47-51,54-55,57-60H,4-42H2,1-3H3,(H,52,56)/t43-,44+,45+,47-,48-,49-,50+,51-/m0/s1. The van der Waals surface area contributed by atoms with Gasteiger partial charge >= 0.3 is 0 Å². The molecule has 1 saturated heterocycles. The van der Waals surface area contributed by atoms with Crippen molar-refractivity contribution in [2.45, 2.75) is 288 Å². The molecule has 0 aromatic heterocycles. The van der Waals surface area contributed by atoms with Crippen molar-refractivity contribution in [2.24, 2.45) is 0 Å². The van der Waals surface area contributed by atoms with Gasteiger partial charge in [-0.15, -0.1) is 0 Å². The van der Waals surface area contributed by atoms with E-state index < -0.39 is 55.6 Å². The van der Waals surface area contributed by atoms with Crippen LogP contribution in [0.15, 0.2) is 0 Å². The van der Waals surface area contributed by atoms with Crippen molar-refractivity contribution in [3.05, 3.63) is 0 Å². The molecule has 0 unspecified atom stereocenters. The molecule has 8 atom stereocenters. The zero-order chi connectivity index (χ0) is 45.5. The number of nitrogens with one attached hydrogen (secondary N) is 1. The van der Waals surface area contributed by atoms with Crippen LogP contribution in [-0.2, 0) is 14.3 Å². The molecule has 0 aliphatic carbocycles. The molecule has 0 bridgehead atoms. The lowest BCUT2D eigenvalue weighted by Gasteiger charge is -2.40. The van der Waals surface area contributed by atoms with Crippen LogP contribution in [0, 0.1) is 0 Å². The van der Waals surface area contributed by atoms with E-state index in [1.165, 1.54) is 174 Å². The summed E-state index contributed by atoms with van der Waals surface area (Å²) in [5.74, 6) is -0.254. The Morgan fingerprint density at radius 2 is 0.935 bits per heavy atom. The summed E-state index contributed by atoms with van der Waals surface area (Å²) in [6.45, 7) is 9.51. The number of aliphatic hydroxyl groups is 6. The number of nitrogens with zero attached hydrogens (tertiary/aromatic N) is 1. The van der Waals surface area contributed by atoms with E-state index in [1.807, 2.05) is 0 Å². The molecule has 1 rings (SSSR count). The van der Waals surface area contributed by atoms with Crippen molar-refractivity contribution < 1.29 is 44.9 Å². The Bertz CT molecular complexity index is 960. The molecule has 1 aliphatic heterocycles. The quantitative estimate of drug-likeness (QED) is 0.0292. The molecule has 1 fully saturated rings. The van der Waals surface area contributed by atoms with E-state index >= 15 is 0 Å². The number of amides is 1. The Morgan fingerprint density at radius 1 is 0.548 bits per heavy atom. The largest absolute Gasteiger partial charge is 0.394 e. The number of ether oxygens (including phenoxy) is 2. The van der Waals surface area contributed by atoms with E-state index in [0.29, 0.717) is 12.8 Å². The minimum atomic E-state index is -1.61. The monoisotopic (exact) mass is 887 g/mol. The second-order valence-electron chi connectivity index (χ2n) is 18.9. The fraction of sp³-hybridized carbons (Fsp3) is 0.980. The van der Waals surface area contributed by atoms with Crippen LogP contribution >= 0.6 is 0 Å². The summed E-state index contributed by atoms with van der Waals surface area (Å²) in [5, 5.41) is 65.6. The predicted molar refractivity (Wildman–Crippen MR) is 254 cm³/mol. The van der Waals surface area contributed by atoms with E-state index in [9.17, 15) is 35.4 Å². The highest BCUT2D eigenvalue weighted by Gasteiger charge is 2.44. The predicted octanol–water partition coefficient (Wildman–Crippen LogP) is 9.63. The Morgan fingerprint density at radius 3 is 1.35 bits per heavy atom. The average Bonchev–Trinajstić information content (AvgIpc) is 3.27. The SMILES string of the molecule is CCCCCCCCCCCCCC[C@@H](O)[C@@H](O)[C@H](CO[C@H]1O[C@H](CO)[C@H](O)[C@H](O)[C@H]1O)NC(=O)CCCCCCCCN(CCCCCCCCC)CCCCCCCCC. The van der Waals surface area contributed by atoms with Crippen LogP contribution in [0.1, 0.15) is 239 Å². The second kappa shape index (κ2) is 41.5. The van der Waals surface area contributed by atoms with Gasteiger partial charge < -0.3 is 50.3 Å². The van der Waals surface area contributed by atoms with Gasteiger partial charge in [0.05, 0.1) is 25.4 Å². The molecule has 62 heavy (non-hydrogen) atoms. The minimum Gasteiger partial charge on any atom is -0.394 e. The van der Waals surface area contributed by atoms with Crippen LogP contribution in [0.4, 0.5) is 0 Å². The Balaban J connectivity index is 2.52. The Kier molecular flexibility index (Phi) is 39.6. The average molecular weight is 887 g/mol. The van der Waals surface area contributed by atoms with Crippen LogP contribution in [-0.4, -0.2) is 123 Å². The summed E-state index contributed by atoms with van der Waals surface area (Å²) in [6, 6.07) is -0.993. The first kappa shape index (κ1) is 59.1. The van der Waals surface area contributed by atoms with E-state index in [2.05, 4.69) is 31.0 Å². The second-order valence-corrected chi connectivity index (χ2v) is 18.9. The van der Waals surface area contributed by atoms with Crippen molar-refractivity contribution in [3.8, 4) is 0 Å². The van der Waals surface area contributed by atoms with E-state index in [4.69, 9.17) is 9.47 Å². The van der Waals surface area contributed by atoms with Crippen LogP contribution in [0.25, 0.3) is 0 Å². The van der Waals surface area contributed by atoms with E-state index in [-0.39, 0.29) is 18.9 Å². The summed E-state index contributed by atoms with van der Waals surface area (Å²) in [7, 11) is 0. The van der Waals surface area contributed by atoms with Gasteiger partial charge in [-0.25, -0.2) is 0 Å². The molecule has 0 saturated carbocycles. The fourth-order valence-electron chi connectivity index (χ4n) is 8.79. The number of unbranched alkanes of at least 4 members (excludes halogenated alkanes) is 28. The minimum absolute atomic E-state index is 0.254. The van der Waals surface area contributed by atoms with Crippen LogP contribution < -0.4 is 5.32 Å². The highest BCUT2D eigenvalue weighted by Crippen LogP contribution is 2.23. The molecule has 0 aromatic carbocycles. The maximum atomic E-state index is 13.2. The van der Waals surface area contributed by atoms with Crippen molar-refractivity contribution in [2.75, 3.05) is 32.8 Å². The molecule has 0 spiro atoms. The number of hydrogen-bond donors (Lipinski definition) is 7. The molecule has 11 nitrogen and oxygen atoms in total. The van der Waals surface area contributed by atoms with Gasteiger partial charge in [0, 0.05) is 6.42 Å². The van der Waals surface area contributed by atoms with Gasteiger partial charge in [-0.3, -0.25) is 4.79 Å². The molecule has 11 heteroatoms. The molecule has 1 heterocycles. The fourth-order valence-corrected chi connectivity index (χ4v) is 8.79. The van der Waals surface area contributed by atoms with Gasteiger partial charge in [0.15, 0.2) is 6.29 Å². The number of aliphatic hydroxyl groups excluding tert-OH is 6. The third-order valence-electron chi connectivity index (χ3n) is 13.1. The molecule has 1 aliphatic rings. The highest BCUT2D eigenvalue weighted by atomic mass is 16.7. The van der Waals surface area contributed by atoms with Crippen molar-refractivity contribution in [3.63, 3.8) is 0 Å².